The minimum Gasteiger partial charge on any atom is -1.00 e. The molecule has 9 heteroatoms. The average Bonchev–Trinajstić information content (AvgIpc) is 2.63. The Balaban J connectivity index is -0.00000392. The van der Waals surface area contributed by atoms with E-state index in [0.717, 1.165) is 19.3 Å². The molecule has 0 aromatic carbocycles. The largest absolute Gasteiger partial charge is 1.00 e. The van der Waals surface area contributed by atoms with Gasteiger partial charge in [0.25, 0.3) is 10.1 Å². The molecule has 0 bridgehead atoms. The van der Waals surface area contributed by atoms with Gasteiger partial charge in [-0.15, -0.1) is 0 Å². The molecule has 3 N–H and O–H groups in total. The van der Waals surface area contributed by atoms with E-state index in [1.165, 1.54) is 70.6 Å². The van der Waals surface area contributed by atoms with Crippen LogP contribution in [0.5, 0.6) is 0 Å². The Hall–Kier alpha value is 0.01000. The molecule has 0 amide bonds. The fraction of sp³-hybridized carbons (Fsp3) is 0.905. The van der Waals surface area contributed by atoms with Crippen LogP contribution in [-0.4, -0.2) is 36.7 Å². The van der Waals surface area contributed by atoms with Crippen molar-refractivity contribution in [1.29, 1.82) is 0 Å². The molecule has 0 aliphatic heterocycles. The number of ether oxygens (including phenoxy) is 1. The van der Waals surface area contributed by atoms with Crippen LogP contribution in [0.3, 0.4) is 0 Å². The summed E-state index contributed by atoms with van der Waals surface area (Å²) >= 11 is 0. The molecule has 0 heterocycles. The summed E-state index contributed by atoms with van der Waals surface area (Å²) in [4.78, 5) is 23.0. The van der Waals surface area contributed by atoms with Crippen LogP contribution in [0.4, 0.5) is 0 Å². The summed E-state index contributed by atoms with van der Waals surface area (Å²) < 4.78 is 34.4. The van der Waals surface area contributed by atoms with Crippen LogP contribution in [-0.2, 0) is 24.4 Å². The molecule has 0 aliphatic rings. The van der Waals surface area contributed by atoms with Gasteiger partial charge in [0.2, 0.25) is 0 Å². The molecule has 0 fully saturated rings. The Morgan fingerprint density at radius 1 is 0.833 bits per heavy atom. The van der Waals surface area contributed by atoms with Crippen LogP contribution in [0.25, 0.3) is 0 Å². The molecule has 0 aromatic rings. The minimum absolute atomic E-state index is 0. The van der Waals surface area contributed by atoms with E-state index in [-0.39, 0.29) is 37.4 Å². The Morgan fingerprint density at radius 2 is 1.20 bits per heavy atom. The monoisotopic (exact) mass is 459 g/mol. The molecule has 30 heavy (non-hydrogen) atoms. The Kier molecular flexibility index (Phi) is 22.4. The molecule has 174 valence electrons. The average molecular weight is 460 g/mol. The summed E-state index contributed by atoms with van der Waals surface area (Å²) in [6, 6.07) is -1.56. The fourth-order valence-electron chi connectivity index (χ4n) is 3.17. The van der Waals surface area contributed by atoms with Crippen LogP contribution in [0, 0.1) is 0 Å². The van der Waals surface area contributed by atoms with Gasteiger partial charge < -0.3 is 11.9 Å². The minimum atomic E-state index is -4.38. The second-order valence-electron chi connectivity index (χ2n) is 7.85. The van der Waals surface area contributed by atoms with E-state index >= 15 is 0 Å². The van der Waals surface area contributed by atoms with Gasteiger partial charge in [0.15, 0.2) is 0 Å². The zero-order valence-electron chi connectivity index (χ0n) is 20.1. The van der Waals surface area contributed by atoms with Gasteiger partial charge in [0.05, 0.1) is 0 Å². The number of nitrogens with two attached hydrogens (primary N) is 1. The molecule has 0 radical (unpaired) electrons. The van der Waals surface area contributed by atoms with Gasteiger partial charge in [-0.25, -0.2) is 4.79 Å². The quantitative estimate of drug-likeness (QED) is 0.0989. The molecule has 0 rings (SSSR count). The van der Waals surface area contributed by atoms with Gasteiger partial charge in [0, 0.05) is 6.42 Å². The maximum atomic E-state index is 11.5. The number of hydrogen-bond donors (Lipinski definition) is 2. The predicted molar refractivity (Wildman–Crippen MR) is 116 cm³/mol. The zero-order valence-corrected chi connectivity index (χ0v) is 21.9. The third kappa shape index (κ3) is 22.7. The van der Waals surface area contributed by atoms with Crippen LogP contribution >= 0.6 is 0 Å². The molecule has 0 saturated heterocycles. The van der Waals surface area contributed by atoms with Crippen LogP contribution < -0.4 is 35.3 Å². The second kappa shape index (κ2) is 20.9. The van der Waals surface area contributed by atoms with E-state index in [1.807, 2.05) is 0 Å². The van der Waals surface area contributed by atoms with Crippen LogP contribution in [0.1, 0.15) is 111 Å². The van der Waals surface area contributed by atoms with Gasteiger partial charge >= 0.3 is 41.5 Å². The number of unbranched alkanes of at least 4 members (excludes halogenated alkanes) is 14. The first-order valence-corrected chi connectivity index (χ1v) is 12.8. The zero-order chi connectivity index (χ0) is 22.0. The molecule has 0 aromatic heterocycles. The van der Waals surface area contributed by atoms with Crippen molar-refractivity contribution in [1.82, 2.24) is 0 Å². The van der Waals surface area contributed by atoms with E-state index in [0.29, 0.717) is 6.42 Å². The van der Waals surface area contributed by atoms with E-state index in [9.17, 15) is 18.0 Å². The van der Waals surface area contributed by atoms with Gasteiger partial charge in [-0.2, -0.15) is 8.42 Å². The normalized spacial score (nSPS) is 12.2. The summed E-state index contributed by atoms with van der Waals surface area (Å²) in [7, 11) is -4.38. The SMILES string of the molecule is CCCCCCCCCCCCCCCCCC(=O)OC(=O)[C@H](N)CS(=O)(=O)O.[H-].[Na+]. The smallest absolute Gasteiger partial charge is 1.00 e. The molecule has 0 aliphatic carbocycles. The first-order chi connectivity index (χ1) is 13.8. The van der Waals surface area contributed by atoms with E-state index in [1.54, 1.807) is 0 Å². The molecule has 0 unspecified atom stereocenters. The second-order valence-corrected chi connectivity index (χ2v) is 9.35. The van der Waals surface area contributed by atoms with Gasteiger partial charge in [-0.3, -0.25) is 9.35 Å². The summed E-state index contributed by atoms with van der Waals surface area (Å²) in [6.45, 7) is 2.24. The summed E-state index contributed by atoms with van der Waals surface area (Å²) in [6.07, 6.45) is 18.4. The first-order valence-electron chi connectivity index (χ1n) is 11.2. The van der Waals surface area contributed by atoms with Crippen molar-refractivity contribution in [3.05, 3.63) is 0 Å². The topological polar surface area (TPSA) is 124 Å². The predicted octanol–water partition coefficient (Wildman–Crippen LogP) is 1.65. The molecule has 0 spiro atoms. The maximum Gasteiger partial charge on any atom is 1.00 e. The molecular weight excluding hydrogens is 417 g/mol. The molecular formula is C21H42NNaO6S. The van der Waals surface area contributed by atoms with E-state index < -0.39 is 33.9 Å². The van der Waals surface area contributed by atoms with Gasteiger partial charge in [0.1, 0.15) is 11.8 Å². The van der Waals surface area contributed by atoms with Crippen molar-refractivity contribution in [2.24, 2.45) is 5.73 Å². The Bertz CT molecular complexity index is 548. The third-order valence-electron chi connectivity index (χ3n) is 4.89. The fourth-order valence-corrected chi connectivity index (χ4v) is 3.76. The number of hydrogen-bond acceptors (Lipinski definition) is 6. The number of carbonyl (C=O) groups is 2. The number of rotatable bonds is 19. The van der Waals surface area contributed by atoms with Crippen molar-refractivity contribution in [3.8, 4) is 0 Å². The van der Waals surface area contributed by atoms with Crippen molar-refractivity contribution in [3.63, 3.8) is 0 Å². The summed E-state index contributed by atoms with van der Waals surface area (Å²) in [5.74, 6) is -2.80. The van der Waals surface area contributed by atoms with Crippen molar-refractivity contribution in [2.45, 2.75) is 116 Å². The Morgan fingerprint density at radius 3 is 1.57 bits per heavy atom. The third-order valence-corrected chi connectivity index (χ3v) is 5.67. The summed E-state index contributed by atoms with van der Waals surface area (Å²) in [5.41, 5.74) is 5.27. The number of esters is 2. The van der Waals surface area contributed by atoms with E-state index in [2.05, 4.69) is 11.7 Å². The first kappa shape index (κ1) is 32.2. The van der Waals surface area contributed by atoms with Crippen LogP contribution in [0.15, 0.2) is 0 Å². The van der Waals surface area contributed by atoms with E-state index in [4.69, 9.17) is 10.3 Å². The molecule has 0 saturated carbocycles. The summed E-state index contributed by atoms with van der Waals surface area (Å²) in [5, 5.41) is 0. The van der Waals surface area contributed by atoms with Crippen LogP contribution in [0.2, 0.25) is 0 Å². The maximum absolute atomic E-state index is 11.5. The van der Waals surface area contributed by atoms with Crippen molar-refractivity contribution < 1.29 is 58.3 Å². The molecule has 1 atom stereocenters. The van der Waals surface area contributed by atoms with Crippen molar-refractivity contribution >= 4 is 22.1 Å². The van der Waals surface area contributed by atoms with Gasteiger partial charge in [-0.1, -0.05) is 96.8 Å². The standard InChI is InChI=1S/C21H41NO6S.Na.H/c1-2-3-4-5-6-7-8-9-10-11-12-13-14-15-16-17-20(23)28-21(24)19(22)18-29(25,26)27;;/h19H,2-18,22H2,1H3,(H,25,26,27);;/q;+1;-1/t19-;;/m1../s1. The van der Waals surface area contributed by atoms with Crippen molar-refractivity contribution in [2.75, 3.05) is 5.75 Å². The Labute approximate surface area is 206 Å². The number of carbonyl (C=O) groups excluding carboxylic acids is 2. The van der Waals surface area contributed by atoms with Gasteiger partial charge in [-0.05, 0) is 6.42 Å². The molecule has 7 nitrogen and oxygen atoms in total.